The molecule has 0 fully saturated rings. The summed E-state index contributed by atoms with van der Waals surface area (Å²) in [4.78, 5) is 10.5. The van der Waals surface area contributed by atoms with Crippen LogP contribution in [-0.4, -0.2) is 11.0 Å². The molecule has 0 aliphatic rings. The minimum atomic E-state index is -0.413. The van der Waals surface area contributed by atoms with E-state index in [1.54, 1.807) is 12.1 Å². The van der Waals surface area contributed by atoms with Gasteiger partial charge in [0.1, 0.15) is 5.69 Å². The average molecular weight is 271 g/mol. The van der Waals surface area contributed by atoms with Crippen molar-refractivity contribution in [2.75, 3.05) is 5.32 Å². The van der Waals surface area contributed by atoms with E-state index >= 15 is 0 Å². The molecule has 1 N–H and O–H groups in total. The maximum atomic E-state index is 10.9. The second-order valence-corrected chi connectivity index (χ2v) is 5.15. The summed E-state index contributed by atoms with van der Waals surface area (Å²) in [5, 5.41) is 14.5. The normalized spacial score (nSPS) is 14.0. The van der Waals surface area contributed by atoms with Crippen molar-refractivity contribution < 1.29 is 4.92 Å². The number of benzene rings is 1. The molecule has 4 nitrogen and oxygen atoms in total. The molecule has 1 aromatic carbocycles. The van der Waals surface area contributed by atoms with Gasteiger partial charge in [0.2, 0.25) is 0 Å². The third-order valence-corrected chi connectivity index (χ3v) is 3.25. The third kappa shape index (κ3) is 4.18. The van der Waals surface area contributed by atoms with E-state index < -0.39 is 4.92 Å². The third-order valence-electron chi connectivity index (χ3n) is 3.01. The van der Waals surface area contributed by atoms with Crippen LogP contribution in [0.25, 0.3) is 0 Å². The van der Waals surface area contributed by atoms with Crippen molar-refractivity contribution in [1.82, 2.24) is 0 Å². The van der Waals surface area contributed by atoms with Gasteiger partial charge in [-0.3, -0.25) is 10.1 Å². The Balaban J connectivity index is 2.80. The van der Waals surface area contributed by atoms with Gasteiger partial charge in [-0.05, 0) is 31.4 Å². The van der Waals surface area contributed by atoms with Gasteiger partial charge in [0, 0.05) is 17.1 Å². The zero-order valence-corrected chi connectivity index (χ0v) is 11.7. The molecule has 2 unspecified atom stereocenters. The molecule has 0 saturated heterocycles. The van der Waals surface area contributed by atoms with Crippen LogP contribution in [-0.2, 0) is 0 Å². The van der Waals surface area contributed by atoms with Crippen molar-refractivity contribution in [3.05, 3.63) is 33.3 Å². The molecule has 0 spiro atoms. The molecular weight excluding hydrogens is 252 g/mol. The predicted octanol–water partition coefficient (Wildman–Crippen LogP) is 4.48. The van der Waals surface area contributed by atoms with Crippen LogP contribution in [0.2, 0.25) is 5.02 Å². The van der Waals surface area contributed by atoms with Gasteiger partial charge in [-0.25, -0.2) is 0 Å². The topological polar surface area (TPSA) is 55.2 Å². The van der Waals surface area contributed by atoms with E-state index in [0.717, 1.165) is 12.8 Å². The van der Waals surface area contributed by atoms with Crippen molar-refractivity contribution >= 4 is 23.0 Å². The number of hydrogen-bond acceptors (Lipinski definition) is 3. The van der Waals surface area contributed by atoms with Gasteiger partial charge in [-0.2, -0.15) is 0 Å². The molecule has 2 atom stereocenters. The van der Waals surface area contributed by atoms with Crippen LogP contribution in [0.15, 0.2) is 18.2 Å². The number of halogens is 1. The van der Waals surface area contributed by atoms with Crippen molar-refractivity contribution in [2.24, 2.45) is 5.92 Å². The van der Waals surface area contributed by atoms with Gasteiger partial charge in [0.05, 0.1) is 4.92 Å². The van der Waals surface area contributed by atoms with Gasteiger partial charge in [0.25, 0.3) is 5.69 Å². The van der Waals surface area contributed by atoms with Crippen LogP contribution in [0.5, 0.6) is 0 Å². The van der Waals surface area contributed by atoms with Crippen molar-refractivity contribution in [3.8, 4) is 0 Å². The standard InChI is InChI=1S/C13H19ClN2O2/c1-4-9(2)7-10(3)15-12-6-5-11(14)8-13(12)16(17)18/h5-6,8-10,15H,4,7H2,1-3H3. The quantitative estimate of drug-likeness (QED) is 0.612. The minimum Gasteiger partial charge on any atom is -0.377 e. The second-order valence-electron chi connectivity index (χ2n) is 4.71. The fourth-order valence-corrected chi connectivity index (χ4v) is 2.04. The van der Waals surface area contributed by atoms with Crippen molar-refractivity contribution in [3.63, 3.8) is 0 Å². The van der Waals surface area contributed by atoms with Gasteiger partial charge in [0.15, 0.2) is 0 Å². The Morgan fingerprint density at radius 1 is 1.44 bits per heavy atom. The van der Waals surface area contributed by atoms with E-state index in [1.165, 1.54) is 6.07 Å². The van der Waals surface area contributed by atoms with Crippen LogP contribution in [0.4, 0.5) is 11.4 Å². The highest BCUT2D eigenvalue weighted by Crippen LogP contribution is 2.29. The molecule has 100 valence electrons. The first-order chi connectivity index (χ1) is 8.43. The second kappa shape index (κ2) is 6.59. The number of nitrogens with zero attached hydrogens (tertiary/aromatic N) is 1. The first kappa shape index (κ1) is 14.8. The number of nitro benzene ring substituents is 1. The van der Waals surface area contributed by atoms with E-state index in [0.29, 0.717) is 16.6 Å². The lowest BCUT2D eigenvalue weighted by atomic mass is 10.0. The van der Waals surface area contributed by atoms with Crippen molar-refractivity contribution in [2.45, 2.75) is 39.7 Å². The molecular formula is C13H19ClN2O2. The molecule has 0 aliphatic heterocycles. The van der Waals surface area contributed by atoms with E-state index in [2.05, 4.69) is 19.2 Å². The summed E-state index contributed by atoms with van der Waals surface area (Å²) in [7, 11) is 0. The summed E-state index contributed by atoms with van der Waals surface area (Å²) in [6.07, 6.45) is 2.09. The molecule has 0 amide bonds. The van der Waals surface area contributed by atoms with Crippen molar-refractivity contribution in [1.29, 1.82) is 0 Å². The zero-order chi connectivity index (χ0) is 13.7. The zero-order valence-electron chi connectivity index (χ0n) is 10.9. The van der Waals surface area contributed by atoms with E-state index in [9.17, 15) is 10.1 Å². The summed E-state index contributed by atoms with van der Waals surface area (Å²) in [6.45, 7) is 6.35. The largest absolute Gasteiger partial charge is 0.377 e. The molecule has 18 heavy (non-hydrogen) atoms. The molecule has 0 aromatic heterocycles. The fourth-order valence-electron chi connectivity index (χ4n) is 1.87. The Hall–Kier alpha value is -1.29. The minimum absolute atomic E-state index is 0.0264. The number of hydrogen-bond donors (Lipinski definition) is 1. The molecule has 1 rings (SSSR count). The first-order valence-electron chi connectivity index (χ1n) is 6.14. The molecule has 0 aliphatic carbocycles. The number of nitrogens with one attached hydrogen (secondary N) is 1. The maximum absolute atomic E-state index is 10.9. The van der Waals surface area contributed by atoms with Crippen LogP contribution < -0.4 is 5.32 Å². The maximum Gasteiger partial charge on any atom is 0.293 e. The Morgan fingerprint density at radius 2 is 2.11 bits per heavy atom. The van der Waals surface area contributed by atoms with Crippen LogP contribution in [0.1, 0.15) is 33.6 Å². The fraction of sp³-hybridized carbons (Fsp3) is 0.538. The van der Waals surface area contributed by atoms with Gasteiger partial charge in [-0.1, -0.05) is 31.9 Å². The van der Waals surface area contributed by atoms with Crippen LogP contribution >= 0.6 is 11.6 Å². The molecule has 0 heterocycles. The van der Waals surface area contributed by atoms with Crippen LogP contribution in [0, 0.1) is 16.0 Å². The van der Waals surface area contributed by atoms with Gasteiger partial charge < -0.3 is 5.32 Å². The average Bonchev–Trinajstić information content (AvgIpc) is 2.30. The molecule has 0 bridgehead atoms. The van der Waals surface area contributed by atoms with E-state index in [4.69, 9.17) is 11.6 Å². The Kier molecular flexibility index (Phi) is 5.41. The molecule has 0 radical (unpaired) electrons. The Labute approximate surface area is 112 Å². The summed E-state index contributed by atoms with van der Waals surface area (Å²) < 4.78 is 0. The smallest absolute Gasteiger partial charge is 0.293 e. The summed E-state index contributed by atoms with van der Waals surface area (Å²) in [5.74, 6) is 0.596. The molecule has 0 saturated carbocycles. The highest BCUT2D eigenvalue weighted by atomic mass is 35.5. The van der Waals surface area contributed by atoms with Gasteiger partial charge in [-0.15, -0.1) is 0 Å². The Morgan fingerprint density at radius 3 is 2.67 bits per heavy atom. The lowest BCUT2D eigenvalue weighted by Gasteiger charge is -2.18. The van der Waals surface area contributed by atoms with E-state index in [1.807, 2.05) is 6.92 Å². The summed E-state index contributed by atoms with van der Waals surface area (Å²) in [5.41, 5.74) is 0.554. The number of rotatable bonds is 6. The summed E-state index contributed by atoms with van der Waals surface area (Å²) in [6, 6.07) is 4.89. The van der Waals surface area contributed by atoms with Gasteiger partial charge >= 0.3 is 0 Å². The molecule has 5 heteroatoms. The lowest BCUT2D eigenvalue weighted by Crippen LogP contribution is -2.18. The lowest BCUT2D eigenvalue weighted by molar-refractivity contribution is -0.384. The first-order valence-corrected chi connectivity index (χ1v) is 6.52. The van der Waals surface area contributed by atoms with E-state index in [-0.39, 0.29) is 11.7 Å². The molecule has 1 aromatic rings. The highest BCUT2D eigenvalue weighted by Gasteiger charge is 2.16. The monoisotopic (exact) mass is 270 g/mol. The SMILES string of the molecule is CCC(C)CC(C)Nc1ccc(Cl)cc1[N+](=O)[O-]. The predicted molar refractivity (Wildman–Crippen MR) is 75.3 cm³/mol. The van der Waals surface area contributed by atoms with Crippen LogP contribution in [0.3, 0.4) is 0 Å². The summed E-state index contributed by atoms with van der Waals surface area (Å²) >= 11 is 5.77. The highest BCUT2D eigenvalue weighted by molar-refractivity contribution is 6.30. The number of anilines is 1. The Bertz CT molecular complexity index is 423. The number of nitro groups is 1.